The summed E-state index contributed by atoms with van der Waals surface area (Å²) in [7, 11) is 5.61. The van der Waals surface area contributed by atoms with Crippen molar-refractivity contribution in [1.82, 2.24) is 10.3 Å². The van der Waals surface area contributed by atoms with Crippen LogP contribution in [0.25, 0.3) is 0 Å². The van der Waals surface area contributed by atoms with Crippen molar-refractivity contribution >= 4 is 12.4 Å². The van der Waals surface area contributed by atoms with Crippen molar-refractivity contribution < 1.29 is 9.47 Å². The second kappa shape index (κ2) is 7.26. The van der Waals surface area contributed by atoms with E-state index < -0.39 is 0 Å². The average molecular weight is 342 g/mol. The first-order valence-corrected chi connectivity index (χ1v) is 8.03. The highest BCUT2D eigenvalue weighted by molar-refractivity contribution is 5.85. The molecule has 2 fully saturated rings. The van der Waals surface area contributed by atoms with E-state index in [9.17, 15) is 0 Å². The maximum Gasteiger partial charge on any atom is 0.161 e. The van der Waals surface area contributed by atoms with Gasteiger partial charge in [0.05, 0.1) is 14.2 Å². The molecular formula is C17H28ClN3O2. The van der Waals surface area contributed by atoms with E-state index in [1.165, 1.54) is 12.0 Å². The fourth-order valence-electron chi connectivity index (χ4n) is 4.41. The van der Waals surface area contributed by atoms with E-state index in [2.05, 4.69) is 29.5 Å². The van der Waals surface area contributed by atoms with Gasteiger partial charge >= 0.3 is 0 Å². The lowest BCUT2D eigenvalue weighted by Crippen LogP contribution is -2.52. The van der Waals surface area contributed by atoms with Crippen molar-refractivity contribution in [3.05, 3.63) is 23.8 Å². The zero-order valence-corrected chi connectivity index (χ0v) is 15.0. The van der Waals surface area contributed by atoms with Crippen LogP contribution in [-0.4, -0.2) is 44.8 Å². The summed E-state index contributed by atoms with van der Waals surface area (Å²) in [5.41, 5.74) is 4.56. The van der Waals surface area contributed by atoms with E-state index in [4.69, 9.17) is 15.3 Å². The standard InChI is InChI=1S/C17H27N3O2.ClH/c1-20-9-8-17(7-6-13(19-18)11-16(17)20)12-4-5-14(21-2)15(10-12)22-3;/h4-5,10,13,16,19H,6-9,11,18H2,1-3H3;1H/t13-,16-,17-;/m0./s1. The van der Waals surface area contributed by atoms with Gasteiger partial charge < -0.3 is 14.4 Å². The number of nitrogens with one attached hydrogen (secondary N) is 1. The Bertz CT molecular complexity index is 543. The molecule has 0 radical (unpaired) electrons. The van der Waals surface area contributed by atoms with Crippen molar-refractivity contribution in [2.45, 2.75) is 43.2 Å². The number of likely N-dealkylation sites (tertiary alicyclic amines) is 1. The molecule has 1 aromatic carbocycles. The maximum absolute atomic E-state index is 5.69. The van der Waals surface area contributed by atoms with Gasteiger partial charge in [-0.1, -0.05) is 6.07 Å². The quantitative estimate of drug-likeness (QED) is 0.648. The highest BCUT2D eigenvalue weighted by atomic mass is 35.5. The van der Waals surface area contributed by atoms with Crippen LogP contribution in [0.3, 0.4) is 0 Å². The highest BCUT2D eigenvalue weighted by Gasteiger charge is 2.50. The summed E-state index contributed by atoms with van der Waals surface area (Å²) in [6, 6.07) is 7.36. The molecule has 0 bridgehead atoms. The van der Waals surface area contributed by atoms with Gasteiger partial charge in [-0.25, -0.2) is 0 Å². The van der Waals surface area contributed by atoms with Gasteiger partial charge in [-0.05, 0) is 57.0 Å². The number of fused-ring (bicyclic) bond motifs is 1. The number of methoxy groups -OCH3 is 2. The minimum absolute atomic E-state index is 0. The summed E-state index contributed by atoms with van der Waals surface area (Å²) in [6.45, 7) is 1.14. The van der Waals surface area contributed by atoms with Gasteiger partial charge in [0.15, 0.2) is 11.5 Å². The van der Waals surface area contributed by atoms with Crippen molar-refractivity contribution in [3.8, 4) is 11.5 Å². The lowest BCUT2D eigenvalue weighted by atomic mass is 9.65. The van der Waals surface area contributed by atoms with Crippen LogP contribution in [0.4, 0.5) is 0 Å². The predicted molar refractivity (Wildman–Crippen MR) is 94.5 cm³/mol. The Morgan fingerprint density at radius 2 is 1.96 bits per heavy atom. The van der Waals surface area contributed by atoms with Crippen molar-refractivity contribution in [2.75, 3.05) is 27.8 Å². The molecule has 1 heterocycles. The molecule has 130 valence electrons. The minimum atomic E-state index is 0. The molecule has 3 N–H and O–H groups in total. The zero-order valence-electron chi connectivity index (χ0n) is 14.2. The topological polar surface area (TPSA) is 59.8 Å². The second-order valence-electron chi connectivity index (χ2n) is 6.61. The highest BCUT2D eigenvalue weighted by Crippen LogP contribution is 2.49. The number of nitrogens with two attached hydrogens (primary N) is 1. The van der Waals surface area contributed by atoms with Gasteiger partial charge in [-0.15, -0.1) is 12.4 Å². The van der Waals surface area contributed by atoms with Gasteiger partial charge in [-0.2, -0.15) is 0 Å². The normalized spacial score (nSPS) is 30.4. The van der Waals surface area contributed by atoms with Gasteiger partial charge in [0.1, 0.15) is 0 Å². The van der Waals surface area contributed by atoms with Crippen LogP contribution in [0.2, 0.25) is 0 Å². The summed E-state index contributed by atoms with van der Waals surface area (Å²) < 4.78 is 10.9. The lowest BCUT2D eigenvalue weighted by Gasteiger charge is -2.44. The Labute approximate surface area is 144 Å². The number of hydrogen-bond acceptors (Lipinski definition) is 5. The number of hydrazine groups is 1. The van der Waals surface area contributed by atoms with E-state index in [0.717, 1.165) is 37.3 Å². The first-order chi connectivity index (χ1) is 10.6. The summed E-state index contributed by atoms with van der Waals surface area (Å²) >= 11 is 0. The van der Waals surface area contributed by atoms with E-state index in [1.807, 2.05) is 6.07 Å². The molecule has 1 saturated heterocycles. The van der Waals surface area contributed by atoms with E-state index >= 15 is 0 Å². The Morgan fingerprint density at radius 3 is 2.61 bits per heavy atom. The molecule has 0 spiro atoms. The molecule has 2 aliphatic rings. The SMILES string of the molecule is COc1ccc([C@@]23CC[C@H](NN)C[C@@H]2N(C)CC3)cc1OC.Cl. The third-order valence-electron chi connectivity index (χ3n) is 5.72. The Hall–Kier alpha value is -1.01. The fourth-order valence-corrected chi connectivity index (χ4v) is 4.41. The first kappa shape index (κ1) is 18.3. The Balaban J connectivity index is 0.00000192. The third kappa shape index (κ3) is 3.03. The zero-order chi connectivity index (χ0) is 15.7. The molecule has 1 aliphatic carbocycles. The summed E-state index contributed by atoms with van der Waals surface area (Å²) in [6.07, 6.45) is 4.57. The summed E-state index contributed by atoms with van der Waals surface area (Å²) in [4.78, 5) is 2.49. The minimum Gasteiger partial charge on any atom is -0.493 e. The van der Waals surface area contributed by atoms with Gasteiger partial charge in [0, 0.05) is 17.5 Å². The van der Waals surface area contributed by atoms with Crippen molar-refractivity contribution in [1.29, 1.82) is 0 Å². The molecule has 0 unspecified atom stereocenters. The largest absolute Gasteiger partial charge is 0.493 e. The second-order valence-corrected chi connectivity index (χ2v) is 6.61. The number of halogens is 1. The van der Waals surface area contributed by atoms with Crippen LogP contribution in [0.5, 0.6) is 11.5 Å². The van der Waals surface area contributed by atoms with Crippen LogP contribution < -0.4 is 20.7 Å². The van der Waals surface area contributed by atoms with E-state index in [-0.39, 0.29) is 17.8 Å². The van der Waals surface area contributed by atoms with Crippen LogP contribution in [0.15, 0.2) is 18.2 Å². The fraction of sp³-hybridized carbons (Fsp3) is 0.647. The number of ether oxygens (including phenoxy) is 2. The smallest absolute Gasteiger partial charge is 0.161 e. The van der Waals surface area contributed by atoms with Gasteiger partial charge in [-0.3, -0.25) is 11.3 Å². The van der Waals surface area contributed by atoms with Crippen molar-refractivity contribution in [2.24, 2.45) is 5.84 Å². The van der Waals surface area contributed by atoms with E-state index in [0.29, 0.717) is 12.1 Å². The number of rotatable bonds is 4. The Kier molecular flexibility index (Phi) is 5.79. The molecule has 0 amide bonds. The van der Waals surface area contributed by atoms with E-state index in [1.54, 1.807) is 14.2 Å². The lowest BCUT2D eigenvalue weighted by molar-refractivity contribution is 0.154. The Morgan fingerprint density at radius 1 is 1.22 bits per heavy atom. The summed E-state index contributed by atoms with van der Waals surface area (Å²) in [5, 5.41) is 0. The third-order valence-corrected chi connectivity index (χ3v) is 5.72. The number of likely N-dealkylation sites (N-methyl/N-ethyl adjacent to an activating group) is 1. The van der Waals surface area contributed by atoms with Crippen LogP contribution in [0.1, 0.15) is 31.2 Å². The van der Waals surface area contributed by atoms with Gasteiger partial charge in [0.2, 0.25) is 0 Å². The average Bonchev–Trinajstić information content (AvgIpc) is 2.91. The maximum atomic E-state index is 5.69. The molecule has 23 heavy (non-hydrogen) atoms. The molecule has 1 aromatic rings. The van der Waals surface area contributed by atoms with Crippen molar-refractivity contribution in [3.63, 3.8) is 0 Å². The number of hydrogen-bond donors (Lipinski definition) is 2. The molecular weight excluding hydrogens is 314 g/mol. The number of nitrogens with zero attached hydrogens (tertiary/aromatic N) is 1. The first-order valence-electron chi connectivity index (χ1n) is 8.03. The molecule has 3 atom stereocenters. The molecule has 1 saturated carbocycles. The molecule has 5 nitrogen and oxygen atoms in total. The van der Waals surface area contributed by atoms with Crippen LogP contribution >= 0.6 is 12.4 Å². The molecule has 6 heteroatoms. The van der Waals surface area contributed by atoms with Gasteiger partial charge in [0.25, 0.3) is 0 Å². The van der Waals surface area contributed by atoms with Crippen LogP contribution in [-0.2, 0) is 5.41 Å². The van der Waals surface area contributed by atoms with Crippen LogP contribution in [0, 0.1) is 0 Å². The monoisotopic (exact) mass is 341 g/mol. The molecule has 1 aliphatic heterocycles. The summed E-state index contributed by atoms with van der Waals surface area (Å²) in [5.74, 6) is 7.31. The molecule has 3 rings (SSSR count). The predicted octanol–water partition coefficient (Wildman–Crippen LogP) is 2.08. The molecule has 0 aromatic heterocycles. The number of benzene rings is 1.